The van der Waals surface area contributed by atoms with Gasteiger partial charge in [-0.15, -0.1) is 0 Å². The summed E-state index contributed by atoms with van der Waals surface area (Å²) in [4.78, 5) is 24.9. The number of hydrogen-bond acceptors (Lipinski definition) is 6. The van der Waals surface area contributed by atoms with Gasteiger partial charge in [0.25, 0.3) is 0 Å². The Bertz CT molecular complexity index is 1150. The van der Waals surface area contributed by atoms with Crippen molar-refractivity contribution in [3.8, 4) is 23.0 Å². The van der Waals surface area contributed by atoms with Gasteiger partial charge in [-0.3, -0.25) is 0 Å². The summed E-state index contributed by atoms with van der Waals surface area (Å²) in [5, 5.41) is 0. The van der Waals surface area contributed by atoms with E-state index in [0.717, 1.165) is 63.5 Å². The van der Waals surface area contributed by atoms with Crippen LogP contribution in [0, 0.1) is 11.6 Å². The number of rotatable bonds is 16. The van der Waals surface area contributed by atoms with Crippen LogP contribution in [0.1, 0.15) is 85.9 Å². The van der Waals surface area contributed by atoms with E-state index in [2.05, 4.69) is 13.8 Å². The molecule has 0 aliphatic rings. The van der Waals surface area contributed by atoms with Gasteiger partial charge in [0.2, 0.25) is 0 Å². The molecule has 0 fully saturated rings. The van der Waals surface area contributed by atoms with Gasteiger partial charge < -0.3 is 18.9 Å². The summed E-state index contributed by atoms with van der Waals surface area (Å²) in [5.74, 6) is -2.35. The molecule has 0 radical (unpaired) electrons. The van der Waals surface area contributed by atoms with Gasteiger partial charge in [-0.1, -0.05) is 52.4 Å². The molecule has 0 amide bonds. The second kappa shape index (κ2) is 16.2. The first-order chi connectivity index (χ1) is 19.4. The minimum atomic E-state index is -0.883. The average Bonchev–Trinajstić information content (AvgIpc) is 2.94. The molecule has 0 aliphatic heterocycles. The van der Waals surface area contributed by atoms with Gasteiger partial charge in [-0.2, -0.15) is 0 Å². The van der Waals surface area contributed by atoms with Crippen molar-refractivity contribution < 1.29 is 37.3 Å². The van der Waals surface area contributed by atoms with Crippen molar-refractivity contribution in [3.05, 3.63) is 83.4 Å². The number of benzene rings is 3. The quantitative estimate of drug-likeness (QED) is 0.101. The Morgan fingerprint density at radius 1 is 0.550 bits per heavy atom. The molecule has 40 heavy (non-hydrogen) atoms. The van der Waals surface area contributed by atoms with E-state index >= 15 is 0 Å². The molecule has 0 saturated heterocycles. The highest BCUT2D eigenvalue weighted by atomic mass is 19.1. The van der Waals surface area contributed by atoms with Gasteiger partial charge in [-0.05, 0) is 61.4 Å². The van der Waals surface area contributed by atoms with E-state index in [4.69, 9.17) is 18.9 Å². The normalized spacial score (nSPS) is 10.7. The summed E-state index contributed by atoms with van der Waals surface area (Å²) in [7, 11) is 0. The first-order valence-electron chi connectivity index (χ1n) is 13.8. The summed E-state index contributed by atoms with van der Waals surface area (Å²) in [6, 6.07) is 13.5. The monoisotopic (exact) mass is 554 g/mol. The molecule has 0 spiro atoms. The maximum absolute atomic E-state index is 14.5. The van der Waals surface area contributed by atoms with Gasteiger partial charge in [0, 0.05) is 12.1 Å². The zero-order valence-corrected chi connectivity index (χ0v) is 23.0. The van der Waals surface area contributed by atoms with Crippen LogP contribution in [0.5, 0.6) is 23.0 Å². The lowest BCUT2D eigenvalue weighted by atomic mass is 10.2. The fraction of sp³-hybridized carbons (Fsp3) is 0.375. The fourth-order valence-electron chi connectivity index (χ4n) is 3.84. The first-order valence-corrected chi connectivity index (χ1v) is 13.8. The number of unbranched alkanes of at least 4 members (excludes halogenated alkanes) is 6. The van der Waals surface area contributed by atoms with E-state index in [1.54, 1.807) is 0 Å². The van der Waals surface area contributed by atoms with Crippen molar-refractivity contribution in [2.45, 2.75) is 65.2 Å². The highest BCUT2D eigenvalue weighted by molar-refractivity contribution is 5.92. The van der Waals surface area contributed by atoms with Crippen molar-refractivity contribution in [1.29, 1.82) is 0 Å². The molecule has 6 nitrogen and oxygen atoms in total. The summed E-state index contributed by atoms with van der Waals surface area (Å²) in [6.07, 6.45) is 8.30. The number of halogens is 2. The Kier molecular flexibility index (Phi) is 12.4. The third-order valence-electron chi connectivity index (χ3n) is 6.10. The van der Waals surface area contributed by atoms with E-state index in [0.29, 0.717) is 24.7 Å². The fourth-order valence-corrected chi connectivity index (χ4v) is 3.84. The summed E-state index contributed by atoms with van der Waals surface area (Å²) in [5.41, 5.74) is -0.476. The van der Waals surface area contributed by atoms with Crippen LogP contribution in [0.15, 0.2) is 60.7 Å². The number of hydrogen-bond donors (Lipinski definition) is 0. The number of esters is 2. The molecule has 0 aromatic heterocycles. The van der Waals surface area contributed by atoms with Gasteiger partial charge in [0.15, 0.2) is 0 Å². The van der Waals surface area contributed by atoms with Crippen LogP contribution in [-0.4, -0.2) is 25.2 Å². The molecule has 3 aromatic carbocycles. The van der Waals surface area contributed by atoms with E-state index in [1.165, 1.54) is 48.5 Å². The third-order valence-corrected chi connectivity index (χ3v) is 6.10. The lowest BCUT2D eigenvalue weighted by Crippen LogP contribution is -2.12. The van der Waals surface area contributed by atoms with Crippen molar-refractivity contribution in [1.82, 2.24) is 0 Å². The molecule has 3 aromatic rings. The first kappa shape index (κ1) is 30.6. The minimum Gasteiger partial charge on any atom is -0.493 e. The molecule has 0 heterocycles. The average molecular weight is 555 g/mol. The lowest BCUT2D eigenvalue weighted by Gasteiger charge is -2.10. The molecule has 0 aliphatic carbocycles. The molecule has 0 unspecified atom stereocenters. The number of ether oxygens (including phenoxy) is 4. The molecule has 8 heteroatoms. The minimum absolute atomic E-state index is 0.118. The highest BCUT2D eigenvalue weighted by Crippen LogP contribution is 2.24. The van der Waals surface area contributed by atoms with Gasteiger partial charge in [-0.25, -0.2) is 18.4 Å². The molecule has 0 N–H and O–H groups in total. The Morgan fingerprint density at radius 2 is 0.925 bits per heavy atom. The molecular formula is C32H36F2O6. The topological polar surface area (TPSA) is 71.1 Å². The Balaban J connectivity index is 1.51. The molecular weight excluding hydrogens is 518 g/mol. The van der Waals surface area contributed by atoms with Gasteiger partial charge in [0.05, 0.1) is 24.3 Å². The van der Waals surface area contributed by atoms with E-state index < -0.39 is 23.6 Å². The molecule has 0 bridgehead atoms. The van der Waals surface area contributed by atoms with Crippen LogP contribution >= 0.6 is 0 Å². The maximum atomic E-state index is 14.5. The lowest BCUT2D eigenvalue weighted by molar-refractivity contribution is 0.0714. The van der Waals surface area contributed by atoms with Crippen LogP contribution in [0.3, 0.4) is 0 Å². The van der Waals surface area contributed by atoms with Gasteiger partial charge in [0.1, 0.15) is 34.6 Å². The zero-order chi connectivity index (χ0) is 28.7. The standard InChI is InChI=1S/C32H36F2O6/c1-3-5-7-9-19-37-25-15-17-27(29(33)21-25)31(35)39-23-11-13-24(14-12-23)40-32(36)28-18-16-26(22-30(28)34)38-20-10-8-6-4-2/h11-18,21-22H,3-10,19-20H2,1-2H3. The summed E-state index contributed by atoms with van der Waals surface area (Å²) < 4.78 is 50.5. The Morgan fingerprint density at radius 3 is 1.27 bits per heavy atom. The Hall–Kier alpha value is -3.94. The number of carbonyl (C=O) groups excluding carboxylic acids is 2. The smallest absolute Gasteiger partial charge is 0.346 e. The zero-order valence-electron chi connectivity index (χ0n) is 23.0. The van der Waals surface area contributed by atoms with Crippen molar-refractivity contribution in [3.63, 3.8) is 0 Å². The second-order valence-electron chi connectivity index (χ2n) is 9.35. The van der Waals surface area contributed by atoms with Crippen LogP contribution < -0.4 is 18.9 Å². The van der Waals surface area contributed by atoms with Crippen LogP contribution in [0.2, 0.25) is 0 Å². The predicted molar refractivity (Wildman–Crippen MR) is 148 cm³/mol. The number of carbonyl (C=O) groups is 2. The van der Waals surface area contributed by atoms with E-state index in [9.17, 15) is 18.4 Å². The summed E-state index contributed by atoms with van der Waals surface area (Å²) in [6.45, 7) is 5.19. The molecule has 0 saturated carbocycles. The largest absolute Gasteiger partial charge is 0.493 e. The van der Waals surface area contributed by atoms with E-state index in [-0.39, 0.29) is 22.6 Å². The Labute approximate surface area is 234 Å². The van der Waals surface area contributed by atoms with Crippen LogP contribution in [-0.2, 0) is 0 Å². The molecule has 3 rings (SSSR count). The van der Waals surface area contributed by atoms with Crippen molar-refractivity contribution in [2.24, 2.45) is 0 Å². The van der Waals surface area contributed by atoms with Crippen molar-refractivity contribution >= 4 is 11.9 Å². The second-order valence-corrected chi connectivity index (χ2v) is 9.35. The van der Waals surface area contributed by atoms with E-state index in [1.807, 2.05) is 0 Å². The predicted octanol–water partition coefficient (Wildman–Crippen LogP) is 8.32. The molecule has 0 atom stereocenters. The van der Waals surface area contributed by atoms with Crippen LogP contribution in [0.25, 0.3) is 0 Å². The van der Waals surface area contributed by atoms with Crippen molar-refractivity contribution in [2.75, 3.05) is 13.2 Å². The SMILES string of the molecule is CCCCCCOc1ccc(C(=O)Oc2ccc(OC(=O)c3ccc(OCCCCCC)cc3F)cc2)c(F)c1. The highest BCUT2D eigenvalue weighted by Gasteiger charge is 2.17. The summed E-state index contributed by atoms with van der Waals surface area (Å²) >= 11 is 0. The molecule has 214 valence electrons. The van der Waals surface area contributed by atoms with Crippen LogP contribution in [0.4, 0.5) is 8.78 Å². The third kappa shape index (κ3) is 9.67. The maximum Gasteiger partial charge on any atom is 0.346 e. The van der Waals surface area contributed by atoms with Gasteiger partial charge >= 0.3 is 11.9 Å².